The van der Waals surface area contributed by atoms with Gasteiger partial charge in [0, 0.05) is 24.3 Å². The van der Waals surface area contributed by atoms with Crippen LogP contribution in [0.25, 0.3) is 0 Å². The molecule has 0 bridgehead atoms. The molecule has 0 amide bonds. The number of anilines is 4. The SMILES string of the molecule is Cl.Nc1cc2c(cc1N)Oc1cc(N)c(N)cc1O2. The van der Waals surface area contributed by atoms with Crippen molar-refractivity contribution in [2.24, 2.45) is 0 Å². The summed E-state index contributed by atoms with van der Waals surface area (Å²) < 4.78 is 11.3. The van der Waals surface area contributed by atoms with E-state index in [9.17, 15) is 0 Å². The number of hydrogen-bond donors (Lipinski definition) is 4. The van der Waals surface area contributed by atoms with E-state index in [0.717, 1.165) is 0 Å². The van der Waals surface area contributed by atoms with Gasteiger partial charge in [0.2, 0.25) is 0 Å². The van der Waals surface area contributed by atoms with Crippen molar-refractivity contribution in [1.82, 2.24) is 0 Å². The Balaban J connectivity index is 0.00000133. The van der Waals surface area contributed by atoms with E-state index in [2.05, 4.69) is 0 Å². The summed E-state index contributed by atoms with van der Waals surface area (Å²) in [5, 5.41) is 0. The van der Waals surface area contributed by atoms with Crippen LogP contribution in [0.15, 0.2) is 24.3 Å². The summed E-state index contributed by atoms with van der Waals surface area (Å²) in [6, 6.07) is 6.45. The highest BCUT2D eigenvalue weighted by molar-refractivity contribution is 5.85. The zero-order valence-electron chi connectivity index (χ0n) is 9.84. The molecule has 0 spiro atoms. The second-order valence-electron chi connectivity index (χ2n) is 4.06. The number of fused-ring (bicyclic) bond motifs is 2. The van der Waals surface area contributed by atoms with Crippen LogP contribution >= 0.6 is 12.4 Å². The molecule has 1 aliphatic rings. The van der Waals surface area contributed by atoms with Gasteiger partial charge in [0.25, 0.3) is 0 Å². The van der Waals surface area contributed by atoms with Crippen molar-refractivity contribution in [2.45, 2.75) is 0 Å². The lowest BCUT2D eigenvalue weighted by Gasteiger charge is -2.22. The van der Waals surface area contributed by atoms with Gasteiger partial charge >= 0.3 is 0 Å². The van der Waals surface area contributed by atoms with Gasteiger partial charge < -0.3 is 32.4 Å². The fraction of sp³-hybridized carbons (Fsp3) is 0. The molecule has 3 rings (SSSR count). The molecule has 0 aromatic heterocycles. The predicted molar refractivity (Wildman–Crippen MR) is 77.9 cm³/mol. The first kappa shape index (κ1) is 13.0. The minimum atomic E-state index is 0. The van der Waals surface area contributed by atoms with Gasteiger partial charge in [0.05, 0.1) is 22.7 Å². The zero-order valence-corrected chi connectivity index (χ0v) is 10.7. The summed E-state index contributed by atoms with van der Waals surface area (Å²) in [7, 11) is 0. The van der Waals surface area contributed by atoms with Gasteiger partial charge in [-0.05, 0) is 0 Å². The van der Waals surface area contributed by atoms with Crippen LogP contribution < -0.4 is 32.4 Å². The molecule has 0 saturated carbocycles. The van der Waals surface area contributed by atoms with Crippen LogP contribution in [0.3, 0.4) is 0 Å². The normalized spacial score (nSPS) is 11.4. The van der Waals surface area contributed by atoms with Crippen LogP contribution in [0.2, 0.25) is 0 Å². The fourth-order valence-corrected chi connectivity index (χ4v) is 1.74. The molecule has 0 atom stereocenters. The zero-order chi connectivity index (χ0) is 12.9. The van der Waals surface area contributed by atoms with E-state index in [4.69, 9.17) is 32.4 Å². The van der Waals surface area contributed by atoms with Gasteiger partial charge in [-0.25, -0.2) is 0 Å². The number of halogens is 1. The number of ether oxygens (including phenoxy) is 2. The molecular weight excluding hydrogens is 268 g/mol. The van der Waals surface area contributed by atoms with Crippen molar-refractivity contribution < 1.29 is 9.47 Å². The molecule has 7 heteroatoms. The minimum Gasteiger partial charge on any atom is -0.449 e. The Morgan fingerprint density at radius 1 is 0.526 bits per heavy atom. The Labute approximate surface area is 115 Å². The largest absolute Gasteiger partial charge is 0.449 e. The Kier molecular flexibility index (Phi) is 2.95. The van der Waals surface area contributed by atoms with Gasteiger partial charge in [-0.15, -0.1) is 12.4 Å². The topological polar surface area (TPSA) is 123 Å². The summed E-state index contributed by atoms with van der Waals surface area (Å²) in [5.74, 6) is 1.99. The van der Waals surface area contributed by atoms with Gasteiger partial charge in [0.1, 0.15) is 0 Å². The van der Waals surface area contributed by atoms with Gasteiger partial charge in [0.15, 0.2) is 23.0 Å². The van der Waals surface area contributed by atoms with E-state index in [0.29, 0.717) is 45.7 Å². The predicted octanol–water partition coefficient (Wildman–Crippen LogP) is 2.34. The smallest absolute Gasteiger partial charge is 0.172 e. The molecule has 19 heavy (non-hydrogen) atoms. The molecule has 100 valence electrons. The van der Waals surface area contributed by atoms with Crippen LogP contribution in [-0.2, 0) is 0 Å². The van der Waals surface area contributed by atoms with E-state index in [1.807, 2.05) is 0 Å². The first-order chi connectivity index (χ1) is 8.54. The van der Waals surface area contributed by atoms with Crippen LogP contribution in [0, 0.1) is 0 Å². The van der Waals surface area contributed by atoms with E-state index in [1.165, 1.54) is 0 Å². The monoisotopic (exact) mass is 280 g/mol. The van der Waals surface area contributed by atoms with Gasteiger partial charge in [-0.3, -0.25) is 0 Å². The summed E-state index contributed by atoms with van der Waals surface area (Å²) in [4.78, 5) is 0. The highest BCUT2D eigenvalue weighted by Crippen LogP contribution is 2.48. The highest BCUT2D eigenvalue weighted by Gasteiger charge is 2.21. The van der Waals surface area contributed by atoms with Crippen molar-refractivity contribution in [3.05, 3.63) is 24.3 Å². The molecule has 0 saturated heterocycles. The Hall–Kier alpha value is -2.47. The fourth-order valence-electron chi connectivity index (χ4n) is 1.74. The standard InChI is InChI=1S/C12H12N4O2.ClH/c13-5-1-9-10(2-6(5)14)18-12-4-8(16)7(15)3-11(12)17-9;/h1-4H,13-16H2;1H. The van der Waals surface area contributed by atoms with E-state index >= 15 is 0 Å². The average Bonchev–Trinajstić information content (AvgIpc) is 2.31. The molecule has 2 aromatic carbocycles. The van der Waals surface area contributed by atoms with E-state index < -0.39 is 0 Å². The summed E-state index contributed by atoms with van der Waals surface area (Å²) in [5.41, 5.74) is 24.6. The van der Waals surface area contributed by atoms with Crippen LogP contribution in [-0.4, -0.2) is 0 Å². The lowest BCUT2D eigenvalue weighted by molar-refractivity contribution is 0.360. The lowest BCUT2D eigenvalue weighted by atomic mass is 10.2. The molecule has 1 aliphatic heterocycles. The molecule has 0 radical (unpaired) electrons. The third-order valence-corrected chi connectivity index (χ3v) is 2.74. The number of nitrogen functional groups attached to an aromatic ring is 4. The van der Waals surface area contributed by atoms with Gasteiger partial charge in [-0.1, -0.05) is 0 Å². The second kappa shape index (κ2) is 4.33. The van der Waals surface area contributed by atoms with Gasteiger partial charge in [-0.2, -0.15) is 0 Å². The molecule has 8 N–H and O–H groups in total. The summed E-state index contributed by atoms with van der Waals surface area (Å²) >= 11 is 0. The highest BCUT2D eigenvalue weighted by atomic mass is 35.5. The molecule has 0 unspecified atom stereocenters. The Bertz CT molecular complexity index is 549. The van der Waals surface area contributed by atoms with Crippen molar-refractivity contribution in [2.75, 3.05) is 22.9 Å². The van der Waals surface area contributed by atoms with Crippen molar-refractivity contribution in [3.8, 4) is 23.0 Å². The van der Waals surface area contributed by atoms with Crippen molar-refractivity contribution in [3.63, 3.8) is 0 Å². The molecule has 2 aromatic rings. The quantitative estimate of drug-likeness (QED) is 0.469. The Morgan fingerprint density at radius 2 is 0.737 bits per heavy atom. The van der Waals surface area contributed by atoms with Crippen LogP contribution in [0.4, 0.5) is 22.7 Å². The third-order valence-electron chi connectivity index (χ3n) is 2.74. The summed E-state index contributed by atoms with van der Waals surface area (Å²) in [6.07, 6.45) is 0. The number of hydrogen-bond acceptors (Lipinski definition) is 6. The first-order valence-corrected chi connectivity index (χ1v) is 5.28. The average molecular weight is 281 g/mol. The molecule has 6 nitrogen and oxygen atoms in total. The first-order valence-electron chi connectivity index (χ1n) is 5.28. The van der Waals surface area contributed by atoms with Crippen LogP contribution in [0.1, 0.15) is 0 Å². The molecule has 0 fully saturated rings. The lowest BCUT2D eigenvalue weighted by Crippen LogP contribution is -2.04. The summed E-state index contributed by atoms with van der Waals surface area (Å²) in [6.45, 7) is 0. The van der Waals surface area contributed by atoms with E-state index in [-0.39, 0.29) is 12.4 Å². The second-order valence-corrected chi connectivity index (χ2v) is 4.06. The minimum absolute atomic E-state index is 0. The third kappa shape index (κ3) is 2.02. The molecule has 0 aliphatic carbocycles. The maximum Gasteiger partial charge on any atom is 0.172 e. The Morgan fingerprint density at radius 3 is 0.947 bits per heavy atom. The van der Waals surface area contributed by atoms with E-state index in [1.54, 1.807) is 24.3 Å². The number of nitrogens with two attached hydrogens (primary N) is 4. The van der Waals surface area contributed by atoms with Crippen molar-refractivity contribution >= 4 is 35.2 Å². The number of rotatable bonds is 0. The maximum atomic E-state index is 5.71. The maximum absolute atomic E-state index is 5.71. The van der Waals surface area contributed by atoms with Crippen molar-refractivity contribution in [1.29, 1.82) is 0 Å². The number of benzene rings is 2. The molecule has 1 heterocycles. The molecular formula is C12H13ClN4O2. The van der Waals surface area contributed by atoms with Crippen LogP contribution in [0.5, 0.6) is 23.0 Å².